The summed E-state index contributed by atoms with van der Waals surface area (Å²) in [5.74, 6) is 2.85. The Kier molecular flexibility index (Phi) is 5.71. The average molecular weight is 547 g/mol. The Hall–Kier alpha value is -5.16. The predicted octanol–water partition coefficient (Wildman–Crippen LogP) is 9.13. The zero-order valence-corrected chi connectivity index (χ0v) is 22.6. The first kappa shape index (κ1) is 24.6. The topological polar surface area (TPSA) is 36.9 Å². The van der Waals surface area contributed by atoms with Crippen molar-refractivity contribution < 1.29 is 19.2 Å². The molecule has 0 radical (unpaired) electrons. The van der Waals surface area contributed by atoms with Crippen molar-refractivity contribution in [1.29, 1.82) is 0 Å². The maximum atomic E-state index is 7.09. The number of benzene rings is 6. The van der Waals surface area contributed by atoms with Gasteiger partial charge in [-0.2, -0.15) is 0 Å². The Morgan fingerprint density at radius 1 is 0.310 bits per heavy atom. The van der Waals surface area contributed by atoms with Gasteiger partial charge in [-0.3, -0.25) is 0 Å². The first-order valence-electron chi connectivity index (χ1n) is 14.0. The van der Waals surface area contributed by atoms with Crippen molar-refractivity contribution in [2.75, 3.05) is 0 Å². The Balaban J connectivity index is 1.41. The van der Waals surface area contributed by atoms with Crippen LogP contribution in [0.1, 0.15) is 33.4 Å². The highest BCUT2D eigenvalue weighted by atomic mass is 17.2. The molecule has 0 amide bonds. The summed E-state index contributed by atoms with van der Waals surface area (Å²) in [5.41, 5.74) is 2.97. The highest BCUT2D eigenvalue weighted by Gasteiger charge is 2.52. The van der Waals surface area contributed by atoms with Gasteiger partial charge in [-0.25, -0.2) is 9.78 Å². The highest BCUT2D eigenvalue weighted by molar-refractivity contribution is 5.63. The summed E-state index contributed by atoms with van der Waals surface area (Å²) in [4.78, 5) is 14.2. The van der Waals surface area contributed by atoms with Crippen molar-refractivity contribution in [3.63, 3.8) is 0 Å². The predicted molar refractivity (Wildman–Crippen MR) is 161 cm³/mol. The molecule has 0 saturated heterocycles. The fraction of sp³-hybridized carbons (Fsp3) is 0.0526. The maximum Gasteiger partial charge on any atom is 0.186 e. The fourth-order valence-electron chi connectivity index (χ4n) is 6.28. The van der Waals surface area contributed by atoms with Gasteiger partial charge in [0.15, 0.2) is 11.2 Å². The smallest absolute Gasteiger partial charge is 0.186 e. The molecule has 8 rings (SSSR count). The molecule has 2 aliphatic heterocycles. The molecule has 202 valence electrons. The lowest BCUT2D eigenvalue weighted by Crippen LogP contribution is -2.42. The lowest BCUT2D eigenvalue weighted by atomic mass is 9.77. The maximum absolute atomic E-state index is 7.09. The molecule has 0 unspecified atom stereocenters. The van der Waals surface area contributed by atoms with Crippen LogP contribution in [0.4, 0.5) is 0 Å². The molecule has 4 nitrogen and oxygen atoms in total. The van der Waals surface area contributed by atoms with E-state index in [4.69, 9.17) is 19.2 Å². The van der Waals surface area contributed by atoms with E-state index in [9.17, 15) is 0 Å². The van der Waals surface area contributed by atoms with Crippen molar-refractivity contribution in [3.8, 4) is 23.0 Å². The van der Waals surface area contributed by atoms with Gasteiger partial charge in [-0.05, 0) is 35.4 Å². The van der Waals surface area contributed by atoms with Crippen LogP contribution in [0.2, 0.25) is 0 Å². The molecule has 4 heteroatoms. The summed E-state index contributed by atoms with van der Waals surface area (Å²) in [7, 11) is 0. The summed E-state index contributed by atoms with van der Waals surface area (Å²) >= 11 is 0. The van der Waals surface area contributed by atoms with Gasteiger partial charge >= 0.3 is 0 Å². The van der Waals surface area contributed by atoms with Crippen LogP contribution in [0.15, 0.2) is 158 Å². The third-order valence-electron chi connectivity index (χ3n) is 8.16. The number of rotatable bonds is 5. The van der Waals surface area contributed by atoms with Gasteiger partial charge in [0.25, 0.3) is 0 Å². The highest BCUT2D eigenvalue weighted by Crippen LogP contribution is 2.57. The van der Waals surface area contributed by atoms with Gasteiger partial charge in [-0.15, -0.1) is 0 Å². The van der Waals surface area contributed by atoms with E-state index in [1.54, 1.807) is 0 Å². The molecule has 2 aliphatic rings. The second-order valence-corrected chi connectivity index (χ2v) is 10.4. The van der Waals surface area contributed by atoms with Crippen LogP contribution < -0.4 is 9.47 Å². The first-order valence-corrected chi connectivity index (χ1v) is 14.0. The van der Waals surface area contributed by atoms with Crippen molar-refractivity contribution in [1.82, 2.24) is 0 Å². The summed E-state index contributed by atoms with van der Waals surface area (Å²) < 4.78 is 12.8. The number of para-hydroxylation sites is 4. The number of fused-ring (bicyclic) bond motifs is 4. The quantitative estimate of drug-likeness (QED) is 0.160. The monoisotopic (exact) mass is 546 g/mol. The van der Waals surface area contributed by atoms with Gasteiger partial charge in [0, 0.05) is 22.3 Å². The average Bonchev–Trinajstić information content (AvgIpc) is 3.07. The molecule has 0 saturated carbocycles. The Morgan fingerprint density at radius 3 is 0.881 bits per heavy atom. The second kappa shape index (κ2) is 9.74. The fourth-order valence-corrected chi connectivity index (χ4v) is 6.28. The van der Waals surface area contributed by atoms with Crippen molar-refractivity contribution in [2.45, 2.75) is 11.2 Å². The van der Waals surface area contributed by atoms with Crippen molar-refractivity contribution in [3.05, 3.63) is 191 Å². The Bertz CT molecular complexity index is 1670. The molecular weight excluding hydrogens is 520 g/mol. The third-order valence-corrected chi connectivity index (χ3v) is 8.16. The minimum absolute atomic E-state index is 0.713. The van der Waals surface area contributed by atoms with E-state index >= 15 is 0 Å². The minimum Gasteiger partial charge on any atom is -0.457 e. The molecule has 0 fully saturated rings. The largest absolute Gasteiger partial charge is 0.457 e. The van der Waals surface area contributed by atoms with E-state index in [1.807, 2.05) is 133 Å². The van der Waals surface area contributed by atoms with E-state index in [0.717, 1.165) is 33.4 Å². The minimum atomic E-state index is -1.14. The van der Waals surface area contributed by atoms with Crippen LogP contribution in [-0.2, 0) is 21.0 Å². The standard InChI is InChI=1S/C38H26O4/c1-3-15-27(16-4-1)37(29-19-7-11-23-33(29)39-34-24-12-8-20-30(34)37)41-42-38(28-17-5-2-6-18-28)31-21-9-13-25-35(31)40-36-26-14-10-22-32(36)38/h1-26H. The van der Waals surface area contributed by atoms with E-state index in [1.165, 1.54) is 0 Å². The molecule has 0 N–H and O–H groups in total. The van der Waals surface area contributed by atoms with Crippen LogP contribution in [0, 0.1) is 0 Å². The molecule has 2 heterocycles. The summed E-state index contributed by atoms with van der Waals surface area (Å²) in [6.45, 7) is 0. The van der Waals surface area contributed by atoms with E-state index < -0.39 is 11.2 Å². The van der Waals surface area contributed by atoms with Gasteiger partial charge in [0.05, 0.1) is 0 Å². The van der Waals surface area contributed by atoms with E-state index in [2.05, 4.69) is 24.3 Å². The number of hydrogen-bond acceptors (Lipinski definition) is 4. The molecule has 0 spiro atoms. The van der Waals surface area contributed by atoms with Crippen molar-refractivity contribution in [2.24, 2.45) is 0 Å². The van der Waals surface area contributed by atoms with Crippen molar-refractivity contribution >= 4 is 0 Å². The van der Waals surface area contributed by atoms with Crippen LogP contribution >= 0.6 is 0 Å². The molecule has 0 atom stereocenters. The molecule has 42 heavy (non-hydrogen) atoms. The summed E-state index contributed by atoms with van der Waals surface area (Å²) in [6.07, 6.45) is 0. The summed E-state index contributed by atoms with van der Waals surface area (Å²) in [6, 6.07) is 52.3. The molecule has 6 aromatic carbocycles. The van der Waals surface area contributed by atoms with Crippen LogP contribution in [0.5, 0.6) is 23.0 Å². The van der Waals surface area contributed by atoms with Crippen LogP contribution in [-0.4, -0.2) is 0 Å². The van der Waals surface area contributed by atoms with Gasteiger partial charge in [-0.1, -0.05) is 133 Å². The van der Waals surface area contributed by atoms with Crippen LogP contribution in [0.25, 0.3) is 0 Å². The third kappa shape index (κ3) is 3.56. The van der Waals surface area contributed by atoms with Gasteiger partial charge < -0.3 is 9.47 Å². The first-order chi connectivity index (χ1) is 20.8. The second-order valence-electron chi connectivity index (χ2n) is 10.4. The zero-order valence-electron chi connectivity index (χ0n) is 22.6. The molecule has 6 aromatic rings. The van der Waals surface area contributed by atoms with E-state index in [-0.39, 0.29) is 0 Å². The molecular formula is C38H26O4. The Labute approximate surface area is 244 Å². The lowest BCUT2D eigenvalue weighted by molar-refractivity contribution is -0.389. The number of hydrogen-bond donors (Lipinski definition) is 0. The normalized spacial score (nSPS) is 15.1. The summed E-state index contributed by atoms with van der Waals surface area (Å²) in [5, 5.41) is 0. The molecule has 0 aromatic heterocycles. The number of ether oxygens (including phenoxy) is 2. The molecule has 0 aliphatic carbocycles. The Morgan fingerprint density at radius 2 is 0.571 bits per heavy atom. The zero-order chi connectivity index (χ0) is 28.0. The van der Waals surface area contributed by atoms with Crippen LogP contribution in [0.3, 0.4) is 0 Å². The molecule has 0 bridgehead atoms. The van der Waals surface area contributed by atoms with E-state index in [0.29, 0.717) is 23.0 Å². The van der Waals surface area contributed by atoms with Gasteiger partial charge in [0.2, 0.25) is 0 Å². The SMILES string of the molecule is c1ccc(C2(OOC3(c4ccccc4)c4ccccc4Oc4ccccc43)c3ccccc3Oc3ccccc32)cc1. The lowest BCUT2D eigenvalue weighted by Gasteiger charge is -2.44. The van der Waals surface area contributed by atoms with Gasteiger partial charge in [0.1, 0.15) is 23.0 Å².